The smallest absolute Gasteiger partial charge is 0.240 e. The van der Waals surface area contributed by atoms with Crippen molar-refractivity contribution in [2.45, 2.75) is 32.5 Å². The van der Waals surface area contributed by atoms with Crippen LogP contribution in [-0.2, 0) is 11.3 Å². The Kier molecular flexibility index (Phi) is 6.76. The molecule has 8 heteroatoms. The van der Waals surface area contributed by atoms with Crippen LogP contribution in [0.15, 0.2) is 48.8 Å². The van der Waals surface area contributed by atoms with Crippen LogP contribution in [0.5, 0.6) is 5.75 Å². The lowest BCUT2D eigenvalue weighted by molar-refractivity contribution is -0.122. The fourth-order valence-electron chi connectivity index (χ4n) is 3.19. The maximum Gasteiger partial charge on any atom is 0.240 e. The summed E-state index contributed by atoms with van der Waals surface area (Å²) in [6.45, 7) is 1.51. The largest absolute Gasteiger partial charge is 0.485 e. The van der Waals surface area contributed by atoms with E-state index >= 15 is 0 Å². The van der Waals surface area contributed by atoms with Crippen molar-refractivity contribution in [2.24, 2.45) is 0 Å². The number of amides is 1. The Bertz CT molecular complexity index is 1030. The van der Waals surface area contributed by atoms with Crippen molar-refractivity contribution in [1.82, 2.24) is 14.9 Å². The van der Waals surface area contributed by atoms with Gasteiger partial charge >= 0.3 is 0 Å². The Balaban J connectivity index is 1.67. The van der Waals surface area contributed by atoms with E-state index in [4.69, 9.17) is 4.74 Å². The summed E-state index contributed by atoms with van der Waals surface area (Å²) < 4.78 is 32.0. The lowest BCUT2D eigenvalue weighted by Crippen LogP contribution is -2.30. The topological polar surface area (TPSA) is 73.2 Å². The van der Waals surface area contributed by atoms with Gasteiger partial charge < -0.3 is 14.6 Å². The molecule has 0 aliphatic heterocycles. The predicted molar refractivity (Wildman–Crippen MR) is 109 cm³/mol. The lowest BCUT2D eigenvalue weighted by atomic mass is 10.1. The van der Waals surface area contributed by atoms with E-state index in [0.717, 1.165) is 5.56 Å². The number of carbonyl (C=O) groups is 2. The van der Waals surface area contributed by atoms with E-state index in [0.29, 0.717) is 22.3 Å². The molecule has 0 radical (unpaired) electrons. The molecule has 1 aromatic heterocycles. The first-order valence-corrected chi connectivity index (χ1v) is 9.55. The van der Waals surface area contributed by atoms with Crippen molar-refractivity contribution < 1.29 is 23.1 Å². The minimum absolute atomic E-state index is 0.0149. The molecule has 0 saturated heterocycles. The number of hydrogen-bond acceptors (Lipinski definition) is 4. The number of ketones is 1. The van der Waals surface area contributed by atoms with Crippen LogP contribution in [-0.4, -0.2) is 40.7 Å². The number of hydrogen-bond donors (Lipinski definition) is 1. The number of halogens is 2. The fraction of sp³-hybridized carbons (Fsp3) is 0.318. The second-order valence-electron chi connectivity index (χ2n) is 7.01. The number of fused-ring (bicyclic) bond motifs is 1. The molecule has 0 aliphatic rings. The summed E-state index contributed by atoms with van der Waals surface area (Å²) in [5, 5.41) is 2.90. The molecule has 6 nitrogen and oxygen atoms in total. The van der Waals surface area contributed by atoms with E-state index in [1.54, 1.807) is 53.4 Å². The van der Waals surface area contributed by atoms with E-state index in [1.807, 2.05) is 6.92 Å². The zero-order chi connectivity index (χ0) is 21.7. The van der Waals surface area contributed by atoms with E-state index in [9.17, 15) is 18.4 Å². The number of ether oxygens (including phenoxy) is 1. The maximum atomic E-state index is 12.6. The number of aromatic nitrogens is 2. The number of nitrogens with zero attached hydrogens (tertiary/aromatic N) is 2. The Morgan fingerprint density at radius 2 is 1.83 bits per heavy atom. The predicted octanol–water partition coefficient (Wildman–Crippen LogP) is 3.80. The van der Waals surface area contributed by atoms with Crippen molar-refractivity contribution in [1.29, 1.82) is 0 Å². The third kappa shape index (κ3) is 4.82. The molecule has 1 atom stereocenters. The summed E-state index contributed by atoms with van der Waals surface area (Å²) in [5.41, 5.74) is 2.61. The second kappa shape index (κ2) is 9.47. The zero-order valence-electron chi connectivity index (χ0n) is 16.8. The first kappa shape index (κ1) is 21.4. The van der Waals surface area contributed by atoms with Gasteiger partial charge in [0.05, 0.1) is 23.4 Å². The Morgan fingerprint density at radius 3 is 2.47 bits per heavy atom. The minimum atomic E-state index is -1.11. The number of imidazole rings is 1. The third-order valence-corrected chi connectivity index (χ3v) is 4.74. The molecular formula is C22H23F2N3O3. The molecule has 3 rings (SSSR count). The number of carbonyl (C=O) groups excluding carboxylic acids is 2. The van der Waals surface area contributed by atoms with Crippen LogP contribution in [0.25, 0.3) is 11.0 Å². The van der Waals surface area contributed by atoms with Gasteiger partial charge in [-0.25, -0.2) is 13.8 Å². The molecular weight excluding hydrogens is 392 g/mol. The number of para-hydroxylation sites is 1. The Labute approximate surface area is 172 Å². The monoisotopic (exact) mass is 415 g/mol. The first-order chi connectivity index (χ1) is 14.4. The molecule has 1 unspecified atom stereocenters. The van der Waals surface area contributed by atoms with E-state index in [-0.39, 0.29) is 24.3 Å². The Morgan fingerprint density at radius 1 is 1.13 bits per heavy atom. The van der Waals surface area contributed by atoms with Crippen LogP contribution < -0.4 is 10.1 Å². The van der Waals surface area contributed by atoms with Crippen LogP contribution in [0.3, 0.4) is 0 Å². The van der Waals surface area contributed by atoms with Gasteiger partial charge in [0.25, 0.3) is 0 Å². The summed E-state index contributed by atoms with van der Waals surface area (Å²) in [7, 11) is 0. The highest BCUT2D eigenvalue weighted by Gasteiger charge is 2.16. The van der Waals surface area contributed by atoms with Crippen molar-refractivity contribution in [3.8, 4) is 5.75 Å². The summed E-state index contributed by atoms with van der Waals surface area (Å²) >= 11 is 0. The van der Waals surface area contributed by atoms with E-state index in [1.165, 1.54) is 6.92 Å². The quantitative estimate of drug-likeness (QED) is 0.540. The number of nitrogens with one attached hydrogen (secondary N) is 1. The van der Waals surface area contributed by atoms with Crippen molar-refractivity contribution in [3.05, 3.63) is 59.9 Å². The maximum absolute atomic E-state index is 12.6. The number of rotatable bonds is 9. The molecule has 0 fully saturated rings. The lowest BCUT2D eigenvalue weighted by Gasteiger charge is -2.17. The van der Waals surface area contributed by atoms with Gasteiger partial charge in [0.1, 0.15) is 25.6 Å². The van der Waals surface area contributed by atoms with E-state index < -0.39 is 19.5 Å². The summed E-state index contributed by atoms with van der Waals surface area (Å²) in [6.07, 6.45) is 0.428. The second-order valence-corrected chi connectivity index (χ2v) is 7.01. The summed E-state index contributed by atoms with van der Waals surface area (Å²) in [6, 6.07) is 11.6. The summed E-state index contributed by atoms with van der Waals surface area (Å²) in [4.78, 5) is 28.7. The minimum Gasteiger partial charge on any atom is -0.485 e. The van der Waals surface area contributed by atoms with Crippen LogP contribution in [0, 0.1) is 0 Å². The molecule has 0 aliphatic carbocycles. The van der Waals surface area contributed by atoms with Gasteiger partial charge in [-0.3, -0.25) is 9.59 Å². The molecule has 1 amide bonds. The average Bonchev–Trinajstić information content (AvgIpc) is 3.15. The average molecular weight is 415 g/mol. The van der Waals surface area contributed by atoms with Crippen molar-refractivity contribution in [3.63, 3.8) is 0 Å². The van der Waals surface area contributed by atoms with Gasteiger partial charge in [-0.05, 0) is 43.7 Å². The Hall–Kier alpha value is -3.29. The van der Waals surface area contributed by atoms with Gasteiger partial charge in [-0.1, -0.05) is 18.2 Å². The van der Waals surface area contributed by atoms with E-state index in [2.05, 4.69) is 10.3 Å². The highest BCUT2D eigenvalue weighted by Crippen LogP contribution is 2.20. The van der Waals surface area contributed by atoms with Crippen LogP contribution in [0.1, 0.15) is 35.8 Å². The highest BCUT2D eigenvalue weighted by atomic mass is 19.1. The van der Waals surface area contributed by atoms with Crippen LogP contribution in [0.2, 0.25) is 0 Å². The van der Waals surface area contributed by atoms with Gasteiger partial charge in [0.15, 0.2) is 11.9 Å². The SMILES string of the molecule is CC(=O)c1cccc2ncn(CC(=O)NC(C)c3ccc(OC(CF)CF)cc3)c12. The number of alkyl halides is 2. The van der Waals surface area contributed by atoms with Gasteiger partial charge in [-0.15, -0.1) is 0 Å². The van der Waals surface area contributed by atoms with Crippen LogP contribution >= 0.6 is 0 Å². The zero-order valence-corrected chi connectivity index (χ0v) is 16.8. The molecule has 1 heterocycles. The molecule has 0 bridgehead atoms. The molecule has 0 saturated carbocycles. The first-order valence-electron chi connectivity index (χ1n) is 9.55. The molecule has 30 heavy (non-hydrogen) atoms. The highest BCUT2D eigenvalue weighted by molar-refractivity contribution is 6.05. The number of Topliss-reactive ketones (excluding diaryl/α,β-unsaturated/α-hetero) is 1. The molecule has 2 aromatic carbocycles. The van der Waals surface area contributed by atoms with Gasteiger partial charge in [0.2, 0.25) is 5.91 Å². The normalized spacial score (nSPS) is 12.2. The standard InChI is InChI=1S/C22H23F2N3O3/c1-14(16-6-8-17(9-7-16)30-18(10-23)11-24)26-21(29)12-27-13-25-20-5-3-4-19(15(2)28)22(20)27/h3-9,13-14,18H,10-12H2,1-2H3,(H,26,29). The van der Waals surface area contributed by atoms with Gasteiger partial charge in [-0.2, -0.15) is 0 Å². The van der Waals surface area contributed by atoms with Gasteiger partial charge in [0, 0.05) is 5.56 Å². The fourth-order valence-corrected chi connectivity index (χ4v) is 3.19. The molecule has 0 spiro atoms. The summed E-state index contributed by atoms with van der Waals surface area (Å²) in [5.74, 6) is 0.0239. The molecule has 158 valence electrons. The van der Waals surface area contributed by atoms with Crippen LogP contribution in [0.4, 0.5) is 8.78 Å². The van der Waals surface area contributed by atoms with Crippen molar-refractivity contribution >= 4 is 22.7 Å². The molecule has 3 aromatic rings. The van der Waals surface area contributed by atoms with Crippen molar-refractivity contribution in [2.75, 3.05) is 13.3 Å². The molecule has 1 N–H and O–H groups in total. The third-order valence-electron chi connectivity index (χ3n) is 4.74. The number of benzene rings is 2.